The second-order valence-corrected chi connectivity index (χ2v) is 8.91. The minimum atomic E-state index is -0.159. The molecule has 0 unspecified atom stereocenters. The number of nitrogens with one attached hydrogen (secondary N) is 1. The number of anilines is 1. The van der Waals surface area contributed by atoms with Crippen molar-refractivity contribution in [1.82, 2.24) is 20.4 Å². The van der Waals surface area contributed by atoms with Crippen molar-refractivity contribution in [3.8, 4) is 23.0 Å². The highest BCUT2D eigenvalue weighted by atomic mass is 16.5. The van der Waals surface area contributed by atoms with E-state index in [-0.39, 0.29) is 5.91 Å². The molecule has 0 radical (unpaired) electrons. The average molecular weight is 530 g/mol. The lowest BCUT2D eigenvalue weighted by atomic mass is 10.2. The number of carbonyl (C=O) groups is 1. The molecule has 0 aliphatic carbocycles. The highest BCUT2D eigenvalue weighted by Crippen LogP contribution is 2.35. The van der Waals surface area contributed by atoms with Crippen LogP contribution in [0.25, 0.3) is 10.9 Å². The van der Waals surface area contributed by atoms with Gasteiger partial charge < -0.3 is 23.8 Å². The Bertz CT molecular complexity index is 1390. The third-order valence-electron chi connectivity index (χ3n) is 6.38. The molecule has 1 aromatic heterocycles. The van der Waals surface area contributed by atoms with Crippen LogP contribution in [-0.2, 0) is 4.74 Å². The number of carbonyl (C=O) groups excluding carboxylic acids is 1. The zero-order valence-corrected chi connectivity index (χ0v) is 22.0. The van der Waals surface area contributed by atoms with E-state index in [0.29, 0.717) is 62.2 Å². The van der Waals surface area contributed by atoms with Crippen molar-refractivity contribution in [3.63, 3.8) is 0 Å². The highest BCUT2D eigenvalue weighted by molar-refractivity contribution is 5.94. The van der Waals surface area contributed by atoms with Crippen LogP contribution in [0, 0.1) is 0 Å². The van der Waals surface area contributed by atoms with Crippen LogP contribution in [-0.4, -0.2) is 74.5 Å². The number of nitrogens with zero attached hydrogens (tertiary/aromatic N) is 4. The number of hydrogen-bond donors (Lipinski definition) is 1. The van der Waals surface area contributed by atoms with Crippen LogP contribution in [0.2, 0.25) is 0 Å². The first-order valence-electron chi connectivity index (χ1n) is 12.7. The lowest BCUT2D eigenvalue weighted by Gasteiger charge is -2.35. The maximum absolute atomic E-state index is 12.8. The molecule has 0 atom stereocenters. The predicted octanol–water partition coefficient (Wildman–Crippen LogP) is 3.92. The second kappa shape index (κ2) is 12.4. The first kappa shape index (κ1) is 26.2. The first-order valence-corrected chi connectivity index (χ1v) is 12.7. The molecule has 0 spiro atoms. The van der Waals surface area contributed by atoms with Crippen LogP contribution in [0.5, 0.6) is 23.0 Å². The van der Waals surface area contributed by atoms with Crippen LogP contribution in [0.1, 0.15) is 10.4 Å². The molecule has 39 heavy (non-hydrogen) atoms. The standard InChI is InChI=1S/C29H31N5O5/c1-36-16-17-38-27-19-25-24(18-26(27)37-2)28(31-20-30-25)33-12-14-34(15-13-33)32-29(35)21-8-10-23(11-9-21)39-22-6-4-3-5-7-22/h3-11,18-20H,12-17H2,1-2H3,(H,32,35). The molecule has 5 rings (SSSR count). The predicted molar refractivity (Wildman–Crippen MR) is 148 cm³/mol. The first-order chi connectivity index (χ1) is 19.1. The molecule has 3 aromatic carbocycles. The van der Waals surface area contributed by atoms with Crippen molar-refractivity contribution in [2.45, 2.75) is 0 Å². The van der Waals surface area contributed by atoms with Crippen molar-refractivity contribution in [2.24, 2.45) is 0 Å². The van der Waals surface area contributed by atoms with Crippen LogP contribution in [0.15, 0.2) is 73.1 Å². The van der Waals surface area contributed by atoms with Crippen molar-refractivity contribution in [3.05, 3.63) is 78.6 Å². The minimum Gasteiger partial charge on any atom is -0.493 e. The Morgan fingerprint density at radius 1 is 0.872 bits per heavy atom. The number of hydrazine groups is 1. The minimum absolute atomic E-state index is 0.159. The van der Waals surface area contributed by atoms with Gasteiger partial charge in [-0.05, 0) is 42.5 Å². The number of hydrogen-bond acceptors (Lipinski definition) is 9. The summed E-state index contributed by atoms with van der Waals surface area (Å²) >= 11 is 0. The Morgan fingerprint density at radius 3 is 2.33 bits per heavy atom. The maximum atomic E-state index is 12.8. The summed E-state index contributed by atoms with van der Waals surface area (Å²) in [5.41, 5.74) is 4.34. The van der Waals surface area contributed by atoms with Crippen LogP contribution < -0.4 is 24.5 Å². The maximum Gasteiger partial charge on any atom is 0.265 e. The van der Waals surface area contributed by atoms with Gasteiger partial charge in [-0.2, -0.15) is 0 Å². The number of piperazine rings is 1. The summed E-state index contributed by atoms with van der Waals surface area (Å²) < 4.78 is 22.3. The molecule has 0 saturated carbocycles. The summed E-state index contributed by atoms with van der Waals surface area (Å²) in [7, 11) is 3.24. The summed E-state index contributed by atoms with van der Waals surface area (Å²) in [5, 5.41) is 2.81. The van der Waals surface area contributed by atoms with Gasteiger partial charge in [-0.1, -0.05) is 18.2 Å². The van der Waals surface area contributed by atoms with Gasteiger partial charge in [0.2, 0.25) is 0 Å². The molecule has 1 amide bonds. The van der Waals surface area contributed by atoms with Gasteiger partial charge in [-0.15, -0.1) is 0 Å². The van der Waals surface area contributed by atoms with E-state index in [1.54, 1.807) is 44.8 Å². The fourth-order valence-corrected chi connectivity index (χ4v) is 4.35. The fraction of sp³-hybridized carbons (Fsp3) is 0.276. The molecule has 1 fully saturated rings. The van der Waals surface area contributed by atoms with Gasteiger partial charge in [-0.3, -0.25) is 10.2 Å². The average Bonchev–Trinajstić information content (AvgIpc) is 2.98. The quantitative estimate of drug-likeness (QED) is 0.307. The molecule has 202 valence electrons. The molecular formula is C29H31N5O5. The molecule has 1 N–H and O–H groups in total. The molecule has 4 aromatic rings. The third-order valence-corrected chi connectivity index (χ3v) is 6.38. The van der Waals surface area contributed by atoms with Gasteiger partial charge >= 0.3 is 0 Å². The van der Waals surface area contributed by atoms with Gasteiger partial charge in [0.05, 0.1) is 19.2 Å². The van der Waals surface area contributed by atoms with Crippen molar-refractivity contribution >= 4 is 22.6 Å². The molecule has 10 heteroatoms. The van der Waals surface area contributed by atoms with Gasteiger partial charge in [0.1, 0.15) is 30.3 Å². The van der Waals surface area contributed by atoms with Crippen molar-refractivity contribution in [2.75, 3.05) is 58.5 Å². The zero-order valence-electron chi connectivity index (χ0n) is 22.0. The molecule has 1 aliphatic heterocycles. The summed E-state index contributed by atoms with van der Waals surface area (Å²) in [6.07, 6.45) is 1.56. The Balaban J connectivity index is 1.20. The molecule has 1 aliphatic rings. The fourth-order valence-electron chi connectivity index (χ4n) is 4.35. The monoisotopic (exact) mass is 529 g/mol. The Labute approximate surface area is 227 Å². The normalized spacial score (nSPS) is 13.7. The molecule has 2 heterocycles. The molecule has 10 nitrogen and oxygen atoms in total. The van der Waals surface area contributed by atoms with E-state index in [2.05, 4.69) is 20.3 Å². The smallest absolute Gasteiger partial charge is 0.265 e. The number of methoxy groups -OCH3 is 2. The third kappa shape index (κ3) is 6.36. The van der Waals surface area contributed by atoms with Crippen LogP contribution >= 0.6 is 0 Å². The highest BCUT2D eigenvalue weighted by Gasteiger charge is 2.22. The molecule has 0 bridgehead atoms. The number of rotatable bonds is 10. The summed E-state index contributed by atoms with van der Waals surface area (Å²) in [5.74, 6) is 3.31. The summed E-state index contributed by atoms with van der Waals surface area (Å²) in [6.45, 7) is 3.54. The van der Waals surface area contributed by atoms with Gasteiger partial charge in [0, 0.05) is 50.3 Å². The van der Waals surface area contributed by atoms with Gasteiger partial charge in [-0.25, -0.2) is 15.0 Å². The number of amides is 1. The topological polar surface area (TPSA) is 98.3 Å². The largest absolute Gasteiger partial charge is 0.493 e. The van der Waals surface area contributed by atoms with E-state index in [1.165, 1.54) is 0 Å². The van der Waals surface area contributed by atoms with Crippen molar-refractivity contribution in [1.29, 1.82) is 0 Å². The molecular weight excluding hydrogens is 498 g/mol. The Hall–Kier alpha value is -4.41. The van der Waals surface area contributed by atoms with Crippen LogP contribution in [0.4, 0.5) is 5.82 Å². The van der Waals surface area contributed by atoms with Crippen molar-refractivity contribution < 1.29 is 23.7 Å². The van der Waals surface area contributed by atoms with E-state index < -0.39 is 0 Å². The second-order valence-electron chi connectivity index (χ2n) is 8.91. The Kier molecular flexibility index (Phi) is 8.35. The van der Waals surface area contributed by atoms with E-state index in [9.17, 15) is 4.79 Å². The van der Waals surface area contributed by atoms with E-state index in [1.807, 2.05) is 47.5 Å². The van der Waals surface area contributed by atoms with E-state index in [4.69, 9.17) is 18.9 Å². The summed E-state index contributed by atoms with van der Waals surface area (Å²) in [4.78, 5) is 24.0. The molecule has 1 saturated heterocycles. The number of para-hydroxylation sites is 1. The number of aromatic nitrogens is 2. The summed E-state index contributed by atoms with van der Waals surface area (Å²) in [6, 6.07) is 20.4. The number of ether oxygens (including phenoxy) is 4. The van der Waals surface area contributed by atoms with Crippen LogP contribution in [0.3, 0.4) is 0 Å². The van der Waals surface area contributed by atoms with Gasteiger partial charge in [0.15, 0.2) is 11.5 Å². The lowest BCUT2D eigenvalue weighted by Crippen LogP contribution is -2.53. The van der Waals surface area contributed by atoms with Gasteiger partial charge in [0.25, 0.3) is 5.91 Å². The lowest BCUT2D eigenvalue weighted by molar-refractivity contribution is 0.0777. The SMILES string of the molecule is COCCOc1cc2ncnc(N3CCN(NC(=O)c4ccc(Oc5ccccc5)cc4)CC3)c2cc1OC. The number of fused-ring (bicyclic) bond motifs is 1. The number of benzene rings is 3. The van der Waals surface area contributed by atoms with E-state index in [0.717, 1.165) is 22.5 Å². The Morgan fingerprint density at radius 2 is 1.62 bits per heavy atom. The zero-order chi connectivity index (χ0) is 27.0. The van der Waals surface area contributed by atoms with E-state index >= 15 is 0 Å².